The summed E-state index contributed by atoms with van der Waals surface area (Å²) in [5.74, 6) is -3.27. The molecule has 0 aliphatic heterocycles. The maximum Gasteiger partial charge on any atom is 0.311 e. The second kappa shape index (κ2) is 5.61. The van der Waals surface area contributed by atoms with Gasteiger partial charge in [-0.2, -0.15) is 0 Å². The molecule has 0 saturated heterocycles. The molecular formula is C15H12F2O2. The molecule has 98 valence electrons. The first-order valence-corrected chi connectivity index (χ1v) is 5.79. The molecule has 0 bridgehead atoms. The number of carbonyl (C=O) groups is 1. The highest BCUT2D eigenvalue weighted by Crippen LogP contribution is 2.23. The van der Waals surface area contributed by atoms with E-state index in [0.717, 1.165) is 12.1 Å². The Bertz CT molecular complexity index is 582. The van der Waals surface area contributed by atoms with Gasteiger partial charge in [0.1, 0.15) is 11.6 Å². The minimum absolute atomic E-state index is 0.00847. The van der Waals surface area contributed by atoms with Crippen LogP contribution in [0.3, 0.4) is 0 Å². The number of halogens is 2. The highest BCUT2D eigenvalue weighted by atomic mass is 19.1. The van der Waals surface area contributed by atoms with Crippen molar-refractivity contribution in [3.63, 3.8) is 0 Å². The predicted molar refractivity (Wildman–Crippen MR) is 66.9 cm³/mol. The van der Waals surface area contributed by atoms with Crippen molar-refractivity contribution in [3.05, 3.63) is 71.3 Å². The average Bonchev–Trinajstić information content (AvgIpc) is 2.38. The second-order valence-corrected chi connectivity index (χ2v) is 4.24. The average molecular weight is 262 g/mol. The molecule has 0 amide bonds. The van der Waals surface area contributed by atoms with Gasteiger partial charge in [-0.05, 0) is 23.6 Å². The standard InChI is InChI=1S/C15H12F2O2/c16-12-7-6-11(14(17)9-12)8-13(15(18)19)10-4-2-1-3-5-10/h1-7,9,13H,8H2,(H,18,19). The Hall–Kier alpha value is -2.23. The van der Waals surface area contributed by atoms with E-state index in [0.29, 0.717) is 5.56 Å². The van der Waals surface area contributed by atoms with Crippen LogP contribution in [0.15, 0.2) is 48.5 Å². The van der Waals surface area contributed by atoms with Crippen molar-refractivity contribution in [2.75, 3.05) is 0 Å². The lowest BCUT2D eigenvalue weighted by Gasteiger charge is -2.13. The van der Waals surface area contributed by atoms with Gasteiger partial charge in [0, 0.05) is 6.07 Å². The lowest BCUT2D eigenvalue weighted by molar-refractivity contribution is -0.138. The summed E-state index contributed by atoms with van der Waals surface area (Å²) in [4.78, 5) is 11.3. The van der Waals surface area contributed by atoms with Crippen LogP contribution in [0.25, 0.3) is 0 Å². The smallest absolute Gasteiger partial charge is 0.311 e. The van der Waals surface area contributed by atoms with Gasteiger partial charge in [-0.1, -0.05) is 36.4 Å². The van der Waals surface area contributed by atoms with Crippen LogP contribution in [0.2, 0.25) is 0 Å². The summed E-state index contributed by atoms with van der Waals surface area (Å²) in [6, 6.07) is 11.8. The van der Waals surface area contributed by atoms with E-state index in [2.05, 4.69) is 0 Å². The third-order valence-corrected chi connectivity index (χ3v) is 2.94. The number of benzene rings is 2. The number of aliphatic carboxylic acids is 1. The van der Waals surface area contributed by atoms with Crippen molar-refractivity contribution in [1.29, 1.82) is 0 Å². The maximum atomic E-state index is 13.6. The predicted octanol–water partition coefficient (Wildman–Crippen LogP) is 3.38. The molecule has 2 aromatic carbocycles. The fraction of sp³-hybridized carbons (Fsp3) is 0.133. The zero-order chi connectivity index (χ0) is 13.8. The Morgan fingerprint density at radius 1 is 1.11 bits per heavy atom. The first-order valence-electron chi connectivity index (χ1n) is 5.79. The van der Waals surface area contributed by atoms with E-state index in [1.807, 2.05) is 0 Å². The molecule has 0 fully saturated rings. The Balaban J connectivity index is 2.29. The molecule has 0 spiro atoms. The van der Waals surface area contributed by atoms with Crippen molar-refractivity contribution in [2.24, 2.45) is 0 Å². The fourth-order valence-electron chi connectivity index (χ4n) is 1.94. The first kappa shape index (κ1) is 13.2. The quantitative estimate of drug-likeness (QED) is 0.917. The molecule has 0 aliphatic rings. The van der Waals surface area contributed by atoms with E-state index >= 15 is 0 Å². The molecular weight excluding hydrogens is 250 g/mol. The van der Waals surface area contributed by atoms with Gasteiger partial charge in [-0.3, -0.25) is 4.79 Å². The van der Waals surface area contributed by atoms with Gasteiger partial charge in [0.15, 0.2) is 0 Å². The van der Waals surface area contributed by atoms with Crippen LogP contribution >= 0.6 is 0 Å². The molecule has 0 aliphatic carbocycles. The molecule has 0 saturated carbocycles. The van der Waals surface area contributed by atoms with Gasteiger partial charge in [-0.15, -0.1) is 0 Å². The summed E-state index contributed by atoms with van der Waals surface area (Å²) in [6.07, 6.45) is -0.00847. The minimum Gasteiger partial charge on any atom is -0.481 e. The van der Waals surface area contributed by atoms with Crippen LogP contribution in [0.4, 0.5) is 8.78 Å². The summed E-state index contributed by atoms with van der Waals surface area (Å²) in [7, 11) is 0. The first-order chi connectivity index (χ1) is 9.08. The summed E-state index contributed by atoms with van der Waals surface area (Å²) in [5.41, 5.74) is 0.788. The van der Waals surface area contributed by atoms with E-state index in [1.165, 1.54) is 6.07 Å². The highest BCUT2D eigenvalue weighted by molar-refractivity contribution is 5.76. The molecule has 19 heavy (non-hydrogen) atoms. The fourth-order valence-corrected chi connectivity index (χ4v) is 1.94. The largest absolute Gasteiger partial charge is 0.481 e. The van der Waals surface area contributed by atoms with Crippen LogP contribution in [0.1, 0.15) is 17.0 Å². The molecule has 1 N–H and O–H groups in total. The van der Waals surface area contributed by atoms with Crippen molar-refractivity contribution < 1.29 is 18.7 Å². The Kier molecular flexibility index (Phi) is 3.90. The van der Waals surface area contributed by atoms with Crippen LogP contribution < -0.4 is 0 Å². The van der Waals surface area contributed by atoms with Crippen LogP contribution in [0, 0.1) is 11.6 Å². The van der Waals surface area contributed by atoms with E-state index in [-0.39, 0.29) is 12.0 Å². The van der Waals surface area contributed by atoms with Gasteiger partial charge in [0.05, 0.1) is 5.92 Å². The minimum atomic E-state index is -1.03. The van der Waals surface area contributed by atoms with E-state index in [9.17, 15) is 18.7 Å². The molecule has 4 heteroatoms. The molecule has 2 aromatic rings. The SMILES string of the molecule is O=C(O)C(Cc1ccc(F)cc1F)c1ccccc1. The van der Waals surface area contributed by atoms with E-state index < -0.39 is 23.5 Å². The summed E-state index contributed by atoms with van der Waals surface area (Å²) in [5, 5.41) is 9.24. The van der Waals surface area contributed by atoms with Gasteiger partial charge in [0.25, 0.3) is 0 Å². The van der Waals surface area contributed by atoms with E-state index in [4.69, 9.17) is 0 Å². The van der Waals surface area contributed by atoms with Gasteiger partial charge in [-0.25, -0.2) is 8.78 Å². The van der Waals surface area contributed by atoms with E-state index in [1.54, 1.807) is 30.3 Å². The second-order valence-electron chi connectivity index (χ2n) is 4.24. The summed E-state index contributed by atoms with van der Waals surface area (Å²) >= 11 is 0. The zero-order valence-corrected chi connectivity index (χ0v) is 10.0. The number of hydrogen-bond donors (Lipinski definition) is 1. The van der Waals surface area contributed by atoms with Crippen LogP contribution in [0.5, 0.6) is 0 Å². The third kappa shape index (κ3) is 3.16. The maximum absolute atomic E-state index is 13.6. The Labute approximate surface area is 109 Å². The van der Waals surface area contributed by atoms with Crippen LogP contribution in [-0.2, 0) is 11.2 Å². The van der Waals surface area contributed by atoms with Crippen molar-refractivity contribution in [1.82, 2.24) is 0 Å². The van der Waals surface area contributed by atoms with Crippen molar-refractivity contribution in [3.8, 4) is 0 Å². The Morgan fingerprint density at radius 3 is 2.37 bits per heavy atom. The highest BCUT2D eigenvalue weighted by Gasteiger charge is 2.21. The number of carboxylic acids is 1. The molecule has 1 atom stereocenters. The van der Waals surface area contributed by atoms with Crippen molar-refractivity contribution >= 4 is 5.97 Å². The summed E-state index contributed by atoms with van der Waals surface area (Å²) < 4.78 is 26.4. The van der Waals surface area contributed by atoms with Gasteiger partial charge < -0.3 is 5.11 Å². The Morgan fingerprint density at radius 2 is 1.79 bits per heavy atom. The molecule has 0 radical (unpaired) electrons. The van der Waals surface area contributed by atoms with Crippen molar-refractivity contribution in [2.45, 2.75) is 12.3 Å². The number of rotatable bonds is 4. The monoisotopic (exact) mass is 262 g/mol. The number of carboxylic acid groups (broad SMARTS) is 1. The van der Waals surface area contributed by atoms with Gasteiger partial charge in [0.2, 0.25) is 0 Å². The number of hydrogen-bond acceptors (Lipinski definition) is 1. The van der Waals surface area contributed by atoms with Crippen LogP contribution in [-0.4, -0.2) is 11.1 Å². The topological polar surface area (TPSA) is 37.3 Å². The molecule has 0 heterocycles. The zero-order valence-electron chi connectivity index (χ0n) is 10.0. The third-order valence-electron chi connectivity index (χ3n) is 2.94. The molecule has 2 nitrogen and oxygen atoms in total. The normalized spacial score (nSPS) is 12.1. The summed E-state index contributed by atoms with van der Waals surface area (Å²) in [6.45, 7) is 0. The van der Waals surface area contributed by atoms with Gasteiger partial charge >= 0.3 is 5.97 Å². The lowest BCUT2D eigenvalue weighted by atomic mass is 9.92. The lowest BCUT2D eigenvalue weighted by Crippen LogP contribution is -2.15. The molecule has 1 unspecified atom stereocenters. The molecule has 2 rings (SSSR count). The molecule has 0 aromatic heterocycles.